The highest BCUT2D eigenvalue weighted by atomic mass is 16.5. The van der Waals surface area contributed by atoms with Crippen LogP contribution < -0.4 is 0 Å². The number of carbonyl (C=O) groups excluding carboxylic acids is 1. The minimum atomic E-state index is -0.414. The van der Waals surface area contributed by atoms with E-state index in [1.807, 2.05) is 0 Å². The molecule has 0 radical (unpaired) electrons. The molecule has 2 unspecified atom stereocenters. The molecule has 3 atom stereocenters. The molecule has 0 spiro atoms. The Labute approximate surface area is 124 Å². The fourth-order valence-corrected chi connectivity index (χ4v) is 4.12. The number of carbonyl (C=O) groups is 1. The van der Waals surface area contributed by atoms with Gasteiger partial charge in [0.05, 0.1) is 5.56 Å². The Morgan fingerprint density at radius 1 is 1.24 bits per heavy atom. The predicted molar refractivity (Wildman–Crippen MR) is 80.4 cm³/mol. The summed E-state index contributed by atoms with van der Waals surface area (Å²) in [6, 6.07) is 6.57. The van der Waals surface area contributed by atoms with Crippen LogP contribution in [0.3, 0.4) is 0 Å². The van der Waals surface area contributed by atoms with Crippen LogP contribution in [0.5, 0.6) is 0 Å². The zero-order valence-corrected chi connectivity index (χ0v) is 12.4. The number of rotatable bonds is 3. The van der Waals surface area contributed by atoms with Gasteiger partial charge in [0.2, 0.25) is 0 Å². The van der Waals surface area contributed by atoms with Crippen LogP contribution in [-0.4, -0.2) is 12.1 Å². The molecule has 0 N–H and O–H groups in total. The maximum absolute atomic E-state index is 12.4. The molecule has 0 saturated heterocycles. The van der Waals surface area contributed by atoms with Crippen LogP contribution in [0.15, 0.2) is 29.4 Å². The normalized spacial score (nSPS) is 31.5. The van der Waals surface area contributed by atoms with Crippen LogP contribution in [0, 0.1) is 16.2 Å². The van der Waals surface area contributed by atoms with Crippen LogP contribution in [0.4, 0.5) is 5.69 Å². The summed E-state index contributed by atoms with van der Waals surface area (Å²) < 4.78 is 5.77. The summed E-state index contributed by atoms with van der Waals surface area (Å²) in [4.78, 5) is 23.2. The van der Waals surface area contributed by atoms with Crippen LogP contribution >= 0.6 is 0 Å². The third-order valence-corrected chi connectivity index (χ3v) is 5.44. The Morgan fingerprint density at radius 2 is 2.05 bits per heavy atom. The fraction of sp³-hybridized carbons (Fsp3) is 0.588. The quantitative estimate of drug-likeness (QED) is 0.603. The monoisotopic (exact) mass is 287 g/mol. The summed E-state index contributed by atoms with van der Waals surface area (Å²) in [5.41, 5.74) is 0.540. The fourth-order valence-electron chi connectivity index (χ4n) is 4.12. The molecule has 4 heteroatoms. The van der Waals surface area contributed by atoms with E-state index in [2.05, 4.69) is 12.1 Å². The molecule has 112 valence electrons. The van der Waals surface area contributed by atoms with Crippen molar-refractivity contribution < 1.29 is 9.53 Å². The first-order valence-corrected chi connectivity index (χ1v) is 7.78. The van der Waals surface area contributed by atoms with Gasteiger partial charge in [-0.05, 0) is 48.9 Å². The van der Waals surface area contributed by atoms with E-state index in [0.717, 1.165) is 19.3 Å². The lowest BCUT2D eigenvalue weighted by Gasteiger charge is -2.39. The van der Waals surface area contributed by atoms with E-state index in [9.17, 15) is 9.70 Å². The highest BCUT2D eigenvalue weighted by molar-refractivity contribution is 5.94. The van der Waals surface area contributed by atoms with Crippen molar-refractivity contribution in [1.29, 1.82) is 0 Å². The molecule has 1 aromatic rings. The second kappa shape index (κ2) is 5.58. The van der Waals surface area contributed by atoms with E-state index in [-0.39, 0.29) is 22.8 Å². The zero-order valence-electron chi connectivity index (χ0n) is 12.4. The summed E-state index contributed by atoms with van der Waals surface area (Å²) in [6.07, 6.45) is 6.92. The van der Waals surface area contributed by atoms with Gasteiger partial charge in [-0.2, -0.15) is 0 Å². The van der Waals surface area contributed by atoms with Gasteiger partial charge in [0.1, 0.15) is 11.8 Å². The van der Waals surface area contributed by atoms with Crippen molar-refractivity contribution in [1.82, 2.24) is 0 Å². The Balaban J connectivity index is 1.77. The topological polar surface area (TPSA) is 55.7 Å². The van der Waals surface area contributed by atoms with Gasteiger partial charge in [0.25, 0.3) is 0 Å². The lowest BCUT2D eigenvalue weighted by atomic mass is 9.68. The maximum atomic E-state index is 12.4. The molecule has 4 nitrogen and oxygen atoms in total. The molecule has 0 aromatic heterocycles. The van der Waals surface area contributed by atoms with Crippen LogP contribution in [-0.2, 0) is 4.74 Å². The third kappa shape index (κ3) is 2.47. The van der Waals surface area contributed by atoms with Gasteiger partial charge < -0.3 is 4.74 Å². The second-order valence-electron chi connectivity index (χ2n) is 6.53. The Morgan fingerprint density at radius 3 is 2.86 bits per heavy atom. The van der Waals surface area contributed by atoms with Gasteiger partial charge in [-0.15, -0.1) is 4.91 Å². The van der Waals surface area contributed by atoms with Crippen LogP contribution in [0.25, 0.3) is 0 Å². The van der Waals surface area contributed by atoms with Crippen molar-refractivity contribution in [2.75, 3.05) is 0 Å². The molecule has 2 fully saturated rings. The van der Waals surface area contributed by atoms with E-state index in [1.54, 1.807) is 24.3 Å². The number of benzene rings is 1. The standard InChI is InChI=1S/C17H21NO3/c1-17-11-5-4-6-12(17)9-10-15(17)21-16(19)13-7-2-3-8-14(13)18-20/h2-3,7-8,12,15H,4-6,9-11H2,1H3/t12-,15?,17?/m1/s1. The number of hydrogen-bond donors (Lipinski definition) is 0. The minimum absolute atomic E-state index is 0.0324. The number of fused-ring (bicyclic) bond motifs is 1. The van der Waals surface area contributed by atoms with Crippen LogP contribution in [0.1, 0.15) is 55.8 Å². The van der Waals surface area contributed by atoms with Gasteiger partial charge in [0, 0.05) is 5.41 Å². The van der Waals surface area contributed by atoms with Crippen LogP contribution in [0.2, 0.25) is 0 Å². The van der Waals surface area contributed by atoms with E-state index in [1.165, 1.54) is 19.3 Å². The molecule has 2 saturated carbocycles. The van der Waals surface area contributed by atoms with Gasteiger partial charge in [-0.25, -0.2) is 4.79 Å². The van der Waals surface area contributed by atoms with E-state index >= 15 is 0 Å². The van der Waals surface area contributed by atoms with Gasteiger partial charge >= 0.3 is 5.97 Å². The zero-order chi connectivity index (χ0) is 14.9. The number of nitrogens with zero attached hydrogens (tertiary/aromatic N) is 1. The second-order valence-corrected chi connectivity index (χ2v) is 6.53. The Bertz CT molecular complexity index is 557. The first-order chi connectivity index (χ1) is 10.1. The van der Waals surface area contributed by atoms with Crippen molar-refractivity contribution in [2.24, 2.45) is 16.5 Å². The van der Waals surface area contributed by atoms with Gasteiger partial charge in [-0.1, -0.05) is 31.9 Å². The molecule has 0 aliphatic heterocycles. The highest BCUT2D eigenvalue weighted by Crippen LogP contribution is 2.53. The largest absolute Gasteiger partial charge is 0.458 e. The highest BCUT2D eigenvalue weighted by Gasteiger charge is 2.49. The Kier molecular flexibility index (Phi) is 3.79. The average Bonchev–Trinajstić information content (AvgIpc) is 2.84. The number of nitroso groups, excluding NO2 is 1. The molecule has 0 bridgehead atoms. The number of esters is 1. The van der Waals surface area contributed by atoms with E-state index in [0.29, 0.717) is 5.92 Å². The average molecular weight is 287 g/mol. The maximum Gasteiger partial charge on any atom is 0.340 e. The third-order valence-electron chi connectivity index (χ3n) is 5.44. The van der Waals surface area contributed by atoms with Crippen molar-refractivity contribution in [3.8, 4) is 0 Å². The van der Waals surface area contributed by atoms with Gasteiger partial charge in [-0.3, -0.25) is 0 Å². The smallest absolute Gasteiger partial charge is 0.340 e. The molecule has 0 amide bonds. The summed E-state index contributed by atoms with van der Waals surface area (Å²) >= 11 is 0. The van der Waals surface area contributed by atoms with E-state index < -0.39 is 5.97 Å². The number of ether oxygens (including phenoxy) is 1. The van der Waals surface area contributed by atoms with Crippen molar-refractivity contribution >= 4 is 11.7 Å². The molecule has 2 aliphatic carbocycles. The SMILES string of the molecule is CC12CCCC[C@@H]1CCC2OC(=O)c1ccccc1N=O. The summed E-state index contributed by atoms with van der Waals surface area (Å²) in [7, 11) is 0. The lowest BCUT2D eigenvalue weighted by molar-refractivity contribution is -0.0224. The molecular weight excluding hydrogens is 266 g/mol. The molecule has 1 aromatic carbocycles. The number of hydrogen-bond acceptors (Lipinski definition) is 4. The molecule has 21 heavy (non-hydrogen) atoms. The summed E-state index contributed by atoms with van der Waals surface area (Å²) in [5.74, 6) is 0.256. The molecule has 0 heterocycles. The Hall–Kier alpha value is -1.71. The summed E-state index contributed by atoms with van der Waals surface area (Å²) in [5, 5.41) is 2.91. The molecular formula is C17H21NO3. The summed E-state index contributed by atoms with van der Waals surface area (Å²) in [6.45, 7) is 2.26. The first kappa shape index (κ1) is 14.2. The lowest BCUT2D eigenvalue weighted by Crippen LogP contribution is -2.37. The van der Waals surface area contributed by atoms with E-state index in [4.69, 9.17) is 4.74 Å². The van der Waals surface area contributed by atoms with Crippen molar-refractivity contribution in [3.05, 3.63) is 34.7 Å². The van der Waals surface area contributed by atoms with Gasteiger partial charge in [0.15, 0.2) is 0 Å². The predicted octanol–water partition coefficient (Wildman–Crippen LogP) is 4.60. The first-order valence-electron chi connectivity index (χ1n) is 7.78. The molecule has 3 rings (SSSR count). The minimum Gasteiger partial charge on any atom is -0.458 e. The molecule has 2 aliphatic rings. The van der Waals surface area contributed by atoms with Crippen molar-refractivity contribution in [2.45, 2.75) is 51.6 Å². The van der Waals surface area contributed by atoms with Crippen molar-refractivity contribution in [3.63, 3.8) is 0 Å².